The molecule has 0 aromatic heterocycles. The van der Waals surface area contributed by atoms with Gasteiger partial charge >= 0.3 is 0 Å². The van der Waals surface area contributed by atoms with Gasteiger partial charge in [-0.1, -0.05) is 47.1 Å². The fourth-order valence-electron chi connectivity index (χ4n) is 2.48. The van der Waals surface area contributed by atoms with Crippen molar-refractivity contribution in [2.45, 2.75) is 53.4 Å². The molecule has 0 bridgehead atoms. The third-order valence-corrected chi connectivity index (χ3v) is 4.59. The minimum atomic E-state index is 0.0649. The summed E-state index contributed by atoms with van der Waals surface area (Å²) in [7, 11) is 0. The molecule has 0 heterocycles. The second-order valence-corrected chi connectivity index (χ2v) is 7.64. The van der Waals surface area contributed by atoms with Crippen LogP contribution in [0.5, 0.6) is 0 Å². The van der Waals surface area contributed by atoms with Crippen LogP contribution in [0.15, 0.2) is 59.2 Å². The van der Waals surface area contributed by atoms with Crippen LogP contribution >= 0.6 is 22.6 Å². The monoisotopic (exact) mass is 451 g/mol. The van der Waals surface area contributed by atoms with Gasteiger partial charge in [-0.25, -0.2) is 0 Å². The van der Waals surface area contributed by atoms with E-state index < -0.39 is 0 Å². The highest BCUT2D eigenvalue weighted by atomic mass is 127. The van der Waals surface area contributed by atoms with E-state index in [-0.39, 0.29) is 3.79 Å². The smallest absolute Gasteiger partial charge is 0.224 e. The standard InChI is InChI=1S/C22H30INO/c1-17(2)9-7-10-18(3)11-8-12-19(4)15-16-24-21-14-6-5-13-20(21)22(23)25/h5-6,9,11,13-15,24H,7-8,10,12,16H2,1-4H3/b18-11+,19-15+. The highest BCUT2D eigenvalue weighted by Gasteiger charge is 2.05. The average molecular weight is 451 g/mol. The molecule has 0 aliphatic rings. The molecule has 0 unspecified atom stereocenters. The minimum Gasteiger partial charge on any atom is -0.381 e. The van der Waals surface area contributed by atoms with E-state index in [1.165, 1.54) is 16.7 Å². The van der Waals surface area contributed by atoms with Gasteiger partial charge in [0.2, 0.25) is 3.79 Å². The van der Waals surface area contributed by atoms with E-state index in [2.05, 4.69) is 51.2 Å². The van der Waals surface area contributed by atoms with Crippen molar-refractivity contribution in [3.05, 3.63) is 64.8 Å². The fourth-order valence-corrected chi connectivity index (χ4v) is 2.95. The second-order valence-electron chi connectivity index (χ2n) is 6.66. The zero-order valence-corrected chi connectivity index (χ0v) is 18.0. The Morgan fingerprint density at radius 1 is 0.960 bits per heavy atom. The average Bonchev–Trinajstić information content (AvgIpc) is 2.54. The van der Waals surface area contributed by atoms with Gasteiger partial charge in [0.1, 0.15) is 0 Å². The Hall–Kier alpha value is -1.36. The Bertz CT molecular complexity index is 652. The van der Waals surface area contributed by atoms with Crippen LogP contribution in [-0.4, -0.2) is 10.3 Å². The SMILES string of the molecule is CC(C)=CCC/C(C)=C/CC/C(C)=C/CNc1ccccc1C(=O)I. The van der Waals surface area contributed by atoms with E-state index in [9.17, 15) is 4.79 Å². The molecule has 0 radical (unpaired) electrons. The summed E-state index contributed by atoms with van der Waals surface area (Å²) < 4.78 is 0.0649. The summed E-state index contributed by atoms with van der Waals surface area (Å²) >= 11 is 1.83. The maximum atomic E-state index is 11.6. The zero-order chi connectivity index (χ0) is 18.7. The van der Waals surface area contributed by atoms with Gasteiger partial charge in [0.25, 0.3) is 0 Å². The highest BCUT2D eigenvalue weighted by Crippen LogP contribution is 2.18. The summed E-state index contributed by atoms with van der Waals surface area (Å²) in [6.45, 7) is 9.43. The van der Waals surface area contributed by atoms with Crippen LogP contribution in [0.4, 0.5) is 5.69 Å². The first-order valence-electron chi connectivity index (χ1n) is 8.87. The van der Waals surface area contributed by atoms with Gasteiger partial charge in [-0.05, 0) is 65.5 Å². The van der Waals surface area contributed by atoms with Crippen LogP contribution < -0.4 is 5.32 Å². The van der Waals surface area contributed by atoms with Crippen LogP contribution in [0, 0.1) is 0 Å². The third kappa shape index (κ3) is 9.63. The van der Waals surface area contributed by atoms with E-state index in [4.69, 9.17) is 0 Å². The molecule has 0 atom stereocenters. The number of hydrogen-bond acceptors (Lipinski definition) is 2. The summed E-state index contributed by atoms with van der Waals surface area (Å²) in [4.78, 5) is 11.6. The molecule has 1 rings (SSSR count). The van der Waals surface area contributed by atoms with Crippen molar-refractivity contribution in [1.82, 2.24) is 0 Å². The molecule has 0 amide bonds. The summed E-state index contributed by atoms with van der Waals surface area (Å²) in [6.07, 6.45) is 11.3. The summed E-state index contributed by atoms with van der Waals surface area (Å²) in [6, 6.07) is 7.65. The number of anilines is 1. The molecule has 0 spiro atoms. The van der Waals surface area contributed by atoms with Crippen molar-refractivity contribution in [1.29, 1.82) is 0 Å². The van der Waals surface area contributed by atoms with Crippen molar-refractivity contribution < 1.29 is 4.79 Å². The Morgan fingerprint density at radius 3 is 2.20 bits per heavy atom. The van der Waals surface area contributed by atoms with Crippen molar-refractivity contribution in [2.75, 3.05) is 11.9 Å². The molecular formula is C22H30INO. The predicted octanol–water partition coefficient (Wildman–Crippen LogP) is 7.09. The molecule has 0 saturated carbocycles. The molecule has 3 heteroatoms. The van der Waals surface area contributed by atoms with Gasteiger partial charge in [-0.15, -0.1) is 0 Å². The number of benzene rings is 1. The van der Waals surface area contributed by atoms with Crippen LogP contribution in [0.25, 0.3) is 0 Å². The Balaban J connectivity index is 2.39. The molecule has 1 aromatic rings. The third-order valence-electron chi connectivity index (χ3n) is 4.00. The lowest BCUT2D eigenvalue weighted by molar-refractivity contribution is 0.110. The Labute approximate surface area is 166 Å². The van der Waals surface area contributed by atoms with E-state index >= 15 is 0 Å². The van der Waals surface area contributed by atoms with E-state index in [1.807, 2.05) is 46.9 Å². The fraction of sp³-hybridized carbons (Fsp3) is 0.409. The molecule has 25 heavy (non-hydrogen) atoms. The maximum Gasteiger partial charge on any atom is 0.224 e. The summed E-state index contributed by atoms with van der Waals surface area (Å²) in [5.41, 5.74) is 5.88. The highest BCUT2D eigenvalue weighted by molar-refractivity contribution is 14.1. The zero-order valence-electron chi connectivity index (χ0n) is 15.9. The summed E-state index contributed by atoms with van der Waals surface area (Å²) in [5.74, 6) is 0. The molecule has 0 aliphatic heterocycles. The van der Waals surface area contributed by atoms with Crippen LogP contribution in [-0.2, 0) is 0 Å². The molecule has 1 aromatic carbocycles. The summed E-state index contributed by atoms with van der Waals surface area (Å²) in [5, 5.41) is 3.34. The molecule has 0 aliphatic carbocycles. The number of carbonyl (C=O) groups excluding carboxylic acids is 1. The topological polar surface area (TPSA) is 29.1 Å². The normalized spacial score (nSPS) is 12.0. The van der Waals surface area contributed by atoms with Gasteiger partial charge in [-0.2, -0.15) is 0 Å². The van der Waals surface area contributed by atoms with Crippen LogP contribution in [0.1, 0.15) is 63.7 Å². The van der Waals surface area contributed by atoms with Crippen molar-refractivity contribution in [3.8, 4) is 0 Å². The number of hydrogen-bond donors (Lipinski definition) is 1. The number of nitrogens with one attached hydrogen (secondary N) is 1. The maximum absolute atomic E-state index is 11.6. The first-order valence-corrected chi connectivity index (χ1v) is 9.95. The van der Waals surface area contributed by atoms with Crippen molar-refractivity contribution >= 4 is 32.1 Å². The molecule has 0 fully saturated rings. The Kier molecular flexibility index (Phi) is 10.5. The number of para-hydroxylation sites is 1. The second kappa shape index (κ2) is 12.1. The van der Waals surface area contributed by atoms with E-state index in [1.54, 1.807) is 0 Å². The Morgan fingerprint density at radius 2 is 1.56 bits per heavy atom. The largest absolute Gasteiger partial charge is 0.381 e. The number of carbonyl (C=O) groups is 1. The lowest BCUT2D eigenvalue weighted by Crippen LogP contribution is -2.03. The van der Waals surface area contributed by atoms with Crippen LogP contribution in [0.3, 0.4) is 0 Å². The molecular weight excluding hydrogens is 421 g/mol. The number of allylic oxidation sites excluding steroid dienone is 5. The minimum absolute atomic E-state index is 0.0649. The van der Waals surface area contributed by atoms with Gasteiger partial charge in [0.15, 0.2) is 0 Å². The molecule has 1 N–H and O–H groups in total. The molecule has 0 saturated heterocycles. The van der Waals surface area contributed by atoms with Gasteiger partial charge in [-0.3, -0.25) is 4.79 Å². The van der Waals surface area contributed by atoms with Gasteiger partial charge in [0, 0.05) is 34.8 Å². The van der Waals surface area contributed by atoms with Crippen LogP contribution in [0.2, 0.25) is 0 Å². The lowest BCUT2D eigenvalue weighted by Gasteiger charge is -2.08. The lowest BCUT2D eigenvalue weighted by atomic mass is 10.1. The quantitative estimate of drug-likeness (QED) is 0.234. The van der Waals surface area contributed by atoms with Gasteiger partial charge in [0.05, 0.1) is 5.56 Å². The first kappa shape index (κ1) is 21.7. The van der Waals surface area contributed by atoms with Gasteiger partial charge < -0.3 is 5.32 Å². The van der Waals surface area contributed by atoms with E-state index in [0.29, 0.717) is 0 Å². The van der Waals surface area contributed by atoms with Crippen molar-refractivity contribution in [3.63, 3.8) is 0 Å². The molecule has 2 nitrogen and oxygen atoms in total. The number of halogens is 1. The van der Waals surface area contributed by atoms with E-state index in [0.717, 1.165) is 43.5 Å². The molecule has 136 valence electrons. The first-order chi connectivity index (χ1) is 11.9. The number of rotatable bonds is 10. The van der Waals surface area contributed by atoms with Crippen molar-refractivity contribution in [2.24, 2.45) is 0 Å². The predicted molar refractivity (Wildman–Crippen MR) is 119 cm³/mol.